The maximum Gasteiger partial charge on any atom is 0.333 e. The van der Waals surface area contributed by atoms with Gasteiger partial charge in [-0.3, -0.25) is 19.4 Å². The van der Waals surface area contributed by atoms with Crippen molar-refractivity contribution < 1.29 is 19.0 Å². The predicted molar refractivity (Wildman–Crippen MR) is 67.0 cm³/mol. The van der Waals surface area contributed by atoms with Crippen LogP contribution in [0.3, 0.4) is 0 Å². The average Bonchev–Trinajstić information content (AvgIpc) is 2.77. The van der Waals surface area contributed by atoms with Gasteiger partial charge in [0.25, 0.3) is 30.0 Å². The maximum atomic E-state index is 12.1. The fraction of sp³-hybridized carbons (Fsp3) is 0.545. The molecule has 2 aliphatic heterocycles. The molecular formula is C11H16N5O3+. The van der Waals surface area contributed by atoms with Crippen molar-refractivity contribution in [3.63, 3.8) is 0 Å². The van der Waals surface area contributed by atoms with Crippen molar-refractivity contribution in [2.24, 2.45) is 4.99 Å². The highest BCUT2D eigenvalue weighted by molar-refractivity contribution is 6.21. The van der Waals surface area contributed by atoms with Crippen LogP contribution in [0.15, 0.2) is 4.99 Å². The Morgan fingerprint density at radius 3 is 2.58 bits per heavy atom. The number of amidine groups is 1. The van der Waals surface area contributed by atoms with Crippen molar-refractivity contribution in [3.8, 4) is 0 Å². The zero-order valence-electron chi connectivity index (χ0n) is 11.3. The second-order valence-electron chi connectivity index (χ2n) is 4.70. The minimum absolute atomic E-state index is 0.0479. The van der Waals surface area contributed by atoms with Crippen LogP contribution in [-0.2, 0) is 9.59 Å². The molecule has 0 saturated carbocycles. The van der Waals surface area contributed by atoms with Gasteiger partial charge in [0.05, 0.1) is 0 Å². The first-order valence-corrected chi connectivity index (χ1v) is 5.76. The molecule has 0 aromatic carbocycles. The lowest BCUT2D eigenvalue weighted by atomic mass is 10.1. The number of aliphatic imine (C=N–C) groups is 1. The number of imide groups is 1. The smallest absolute Gasteiger partial charge is 0.333 e. The van der Waals surface area contributed by atoms with Gasteiger partial charge in [-0.2, -0.15) is 0 Å². The molecule has 0 radical (unpaired) electrons. The third-order valence-corrected chi connectivity index (χ3v) is 3.21. The fourth-order valence-corrected chi connectivity index (χ4v) is 1.97. The van der Waals surface area contributed by atoms with E-state index >= 15 is 0 Å². The van der Waals surface area contributed by atoms with Crippen LogP contribution in [0.5, 0.6) is 0 Å². The molecule has 2 aliphatic rings. The van der Waals surface area contributed by atoms with E-state index in [2.05, 4.69) is 4.99 Å². The summed E-state index contributed by atoms with van der Waals surface area (Å²) in [7, 11) is 6.26. The van der Waals surface area contributed by atoms with Crippen molar-refractivity contribution in [3.05, 3.63) is 0 Å². The lowest BCUT2D eigenvalue weighted by Crippen LogP contribution is -2.62. The number of carbonyl (C=O) groups excluding carboxylic acids is 3. The first kappa shape index (κ1) is 13.2. The number of rotatable bonds is 2. The van der Waals surface area contributed by atoms with E-state index in [4.69, 9.17) is 0 Å². The van der Waals surface area contributed by atoms with E-state index in [0.717, 1.165) is 4.90 Å². The molecule has 0 aromatic heterocycles. The van der Waals surface area contributed by atoms with Crippen LogP contribution in [0.25, 0.3) is 0 Å². The average molecular weight is 266 g/mol. The largest absolute Gasteiger partial charge is 0.345 e. The van der Waals surface area contributed by atoms with Crippen LogP contribution in [0, 0.1) is 0 Å². The Bertz CT molecular complexity index is 522. The molecule has 0 N–H and O–H groups in total. The third kappa shape index (κ3) is 1.98. The summed E-state index contributed by atoms with van der Waals surface area (Å²) in [5, 5.41) is 0. The summed E-state index contributed by atoms with van der Waals surface area (Å²) in [5.74, 6) is -0.149. The van der Waals surface area contributed by atoms with Gasteiger partial charge < -0.3 is 4.90 Å². The minimum Gasteiger partial charge on any atom is -0.345 e. The highest BCUT2D eigenvalue weighted by Crippen LogP contribution is 2.16. The summed E-state index contributed by atoms with van der Waals surface area (Å²) in [6.07, 6.45) is 1.43. The Labute approximate surface area is 110 Å². The monoisotopic (exact) mass is 266 g/mol. The van der Waals surface area contributed by atoms with Gasteiger partial charge in [0.15, 0.2) is 6.54 Å². The van der Waals surface area contributed by atoms with E-state index in [0.29, 0.717) is 5.84 Å². The molecule has 1 fully saturated rings. The van der Waals surface area contributed by atoms with Gasteiger partial charge in [-0.05, 0) is 4.99 Å². The van der Waals surface area contributed by atoms with Crippen LogP contribution in [0.4, 0.5) is 4.79 Å². The first-order chi connectivity index (χ1) is 8.84. The van der Waals surface area contributed by atoms with E-state index in [-0.39, 0.29) is 18.4 Å². The normalized spacial score (nSPS) is 22.2. The molecule has 8 heteroatoms. The molecule has 0 spiro atoms. The van der Waals surface area contributed by atoms with Crippen LogP contribution >= 0.6 is 0 Å². The molecular weight excluding hydrogens is 250 g/mol. The van der Waals surface area contributed by atoms with Gasteiger partial charge in [0.2, 0.25) is 0 Å². The molecule has 0 aliphatic carbocycles. The molecule has 1 unspecified atom stereocenters. The van der Waals surface area contributed by atoms with Crippen LogP contribution in [0.2, 0.25) is 0 Å². The van der Waals surface area contributed by atoms with E-state index in [9.17, 15) is 14.4 Å². The zero-order chi connectivity index (χ0) is 14.3. The zero-order valence-corrected chi connectivity index (χ0v) is 11.3. The highest BCUT2D eigenvalue weighted by atomic mass is 16.2. The van der Waals surface area contributed by atoms with Crippen molar-refractivity contribution in [1.82, 2.24) is 14.7 Å². The quantitative estimate of drug-likeness (QED) is 0.566. The SMILES string of the molecule is CN(C)C(=O)C[N+]1=CN=C2C1C(=O)N(C)C(=O)N2C. The minimum atomic E-state index is -0.698. The number of hydrogen-bond donors (Lipinski definition) is 0. The molecule has 1 atom stereocenters. The summed E-state index contributed by atoms with van der Waals surface area (Å²) in [5.41, 5.74) is 0. The summed E-state index contributed by atoms with van der Waals surface area (Å²) < 4.78 is 1.54. The van der Waals surface area contributed by atoms with Gasteiger partial charge in [0, 0.05) is 28.2 Å². The molecule has 2 rings (SSSR count). The Kier molecular flexibility index (Phi) is 3.09. The standard InChI is InChI=1S/C11H16N5O3/c1-13(2)7(17)5-16-6-12-9-8(16)10(18)15(4)11(19)14(9)3/h6,8H,5H2,1-4H3/q+1. The third-order valence-electron chi connectivity index (χ3n) is 3.21. The summed E-state index contributed by atoms with van der Waals surface area (Å²) in [4.78, 5) is 43.5. The van der Waals surface area contributed by atoms with E-state index in [1.54, 1.807) is 25.7 Å². The van der Waals surface area contributed by atoms with E-state index < -0.39 is 12.1 Å². The first-order valence-electron chi connectivity index (χ1n) is 5.76. The van der Waals surface area contributed by atoms with E-state index in [1.165, 1.54) is 23.2 Å². The van der Waals surface area contributed by atoms with Gasteiger partial charge in [0.1, 0.15) is 0 Å². The van der Waals surface area contributed by atoms with Gasteiger partial charge in [-0.25, -0.2) is 9.37 Å². The second kappa shape index (κ2) is 4.45. The molecule has 102 valence electrons. The van der Waals surface area contributed by atoms with Crippen LogP contribution in [0.1, 0.15) is 0 Å². The predicted octanol–water partition coefficient (Wildman–Crippen LogP) is -1.58. The van der Waals surface area contributed by atoms with Gasteiger partial charge in [-0.1, -0.05) is 0 Å². The van der Waals surface area contributed by atoms with Crippen molar-refractivity contribution in [1.29, 1.82) is 0 Å². The lowest BCUT2D eigenvalue weighted by Gasteiger charge is -2.30. The Hall–Kier alpha value is -2.25. The van der Waals surface area contributed by atoms with Crippen molar-refractivity contribution in [2.45, 2.75) is 6.04 Å². The molecule has 2 heterocycles. The number of fused-ring (bicyclic) bond motifs is 1. The summed E-state index contributed by atoms with van der Waals surface area (Å²) in [6, 6.07) is -1.12. The Morgan fingerprint density at radius 1 is 1.37 bits per heavy atom. The molecule has 0 aromatic rings. The number of urea groups is 1. The highest BCUT2D eigenvalue weighted by Gasteiger charge is 2.50. The number of nitrogens with zero attached hydrogens (tertiary/aromatic N) is 5. The van der Waals surface area contributed by atoms with Crippen LogP contribution in [-0.4, -0.2) is 90.1 Å². The molecule has 1 saturated heterocycles. The number of hydrogen-bond acceptors (Lipinski definition) is 4. The molecule has 4 amide bonds. The number of carbonyl (C=O) groups is 3. The second-order valence-corrected chi connectivity index (χ2v) is 4.70. The Balaban J connectivity index is 2.24. The Morgan fingerprint density at radius 2 is 2.00 bits per heavy atom. The lowest BCUT2D eigenvalue weighted by molar-refractivity contribution is -0.520. The van der Waals surface area contributed by atoms with Crippen molar-refractivity contribution in [2.75, 3.05) is 34.7 Å². The maximum absolute atomic E-state index is 12.1. The molecule has 0 bridgehead atoms. The van der Waals surface area contributed by atoms with Crippen LogP contribution < -0.4 is 0 Å². The fourth-order valence-electron chi connectivity index (χ4n) is 1.97. The van der Waals surface area contributed by atoms with Gasteiger partial charge >= 0.3 is 6.03 Å². The summed E-state index contributed by atoms with van der Waals surface area (Å²) >= 11 is 0. The summed E-state index contributed by atoms with van der Waals surface area (Å²) in [6.45, 7) is 0.0479. The molecule has 19 heavy (non-hydrogen) atoms. The topological polar surface area (TPSA) is 76.3 Å². The number of amides is 4. The molecule has 8 nitrogen and oxygen atoms in total. The van der Waals surface area contributed by atoms with Gasteiger partial charge in [-0.15, -0.1) is 0 Å². The van der Waals surface area contributed by atoms with E-state index in [1.807, 2.05) is 0 Å². The number of likely N-dealkylation sites (N-methyl/N-ethyl adjacent to an activating group) is 3. The van der Waals surface area contributed by atoms with Crippen molar-refractivity contribution >= 4 is 30.0 Å².